The summed E-state index contributed by atoms with van der Waals surface area (Å²) in [6.45, 7) is 4.32. The van der Waals surface area contributed by atoms with Crippen LogP contribution in [-0.4, -0.2) is 53.0 Å². The lowest BCUT2D eigenvalue weighted by atomic mass is 9.93. The largest absolute Gasteiger partial charge is 0.357 e. The molecule has 0 radical (unpaired) electrons. The smallest absolute Gasteiger partial charge is 0.224 e. The van der Waals surface area contributed by atoms with Gasteiger partial charge in [0, 0.05) is 38.1 Å². The van der Waals surface area contributed by atoms with Crippen molar-refractivity contribution in [3.8, 4) is 6.07 Å². The highest BCUT2D eigenvalue weighted by Crippen LogP contribution is 2.26. The zero-order valence-corrected chi connectivity index (χ0v) is 17.2. The summed E-state index contributed by atoms with van der Waals surface area (Å²) in [7, 11) is 0. The zero-order valence-electron chi connectivity index (χ0n) is 17.2. The van der Waals surface area contributed by atoms with Gasteiger partial charge in [-0.25, -0.2) is 4.98 Å². The third-order valence-electron chi connectivity index (χ3n) is 6.18. The molecule has 2 aliphatic heterocycles. The first-order chi connectivity index (χ1) is 14.7. The van der Waals surface area contributed by atoms with Gasteiger partial charge < -0.3 is 10.2 Å². The van der Waals surface area contributed by atoms with Gasteiger partial charge in [0.15, 0.2) is 0 Å². The third-order valence-corrected chi connectivity index (χ3v) is 6.18. The Hall–Kier alpha value is -2.98. The van der Waals surface area contributed by atoms with Gasteiger partial charge in [0.25, 0.3) is 0 Å². The average Bonchev–Trinajstić information content (AvgIpc) is 2.83. The zero-order chi connectivity index (χ0) is 20.8. The first-order valence-electron chi connectivity index (χ1n) is 10.8. The number of piperidine rings is 2. The fourth-order valence-electron chi connectivity index (χ4n) is 4.48. The number of aromatic nitrogens is 2. The van der Waals surface area contributed by atoms with Gasteiger partial charge in [-0.05, 0) is 56.5 Å². The van der Waals surface area contributed by atoms with Crippen LogP contribution in [0, 0.1) is 17.2 Å². The molecule has 1 N–H and O–H groups in total. The molecule has 4 heterocycles. The normalized spacial score (nSPS) is 20.5. The van der Waals surface area contributed by atoms with Gasteiger partial charge in [0.2, 0.25) is 5.91 Å². The van der Waals surface area contributed by atoms with Gasteiger partial charge in [-0.2, -0.15) is 5.26 Å². The number of nitrogens with one attached hydrogen (secondary N) is 1. The highest BCUT2D eigenvalue weighted by Gasteiger charge is 2.31. The van der Waals surface area contributed by atoms with Crippen molar-refractivity contribution in [3.63, 3.8) is 0 Å². The van der Waals surface area contributed by atoms with Crippen LogP contribution in [0.25, 0.3) is 0 Å². The number of carbonyl (C=O) groups excluding carboxylic acids is 1. The van der Waals surface area contributed by atoms with Crippen molar-refractivity contribution >= 4 is 11.7 Å². The van der Waals surface area contributed by atoms with Crippen LogP contribution in [0.3, 0.4) is 0 Å². The number of amides is 1. The number of hydrogen-bond donors (Lipinski definition) is 1. The average molecular weight is 405 g/mol. The van der Waals surface area contributed by atoms with E-state index in [0.717, 1.165) is 63.4 Å². The van der Waals surface area contributed by atoms with E-state index in [9.17, 15) is 4.79 Å². The monoisotopic (exact) mass is 404 g/mol. The number of carbonyl (C=O) groups is 1. The summed E-state index contributed by atoms with van der Waals surface area (Å²) < 4.78 is 0. The Morgan fingerprint density at radius 3 is 2.70 bits per heavy atom. The SMILES string of the molecule is N#Cc1ccc(N2CCC(N3CCC[C@@H](C(=O)NCc4ccccn4)C3)CC2)nc1. The number of hydrogen-bond acceptors (Lipinski definition) is 6. The molecule has 0 aliphatic carbocycles. The van der Waals surface area contributed by atoms with Crippen molar-refractivity contribution in [3.05, 3.63) is 54.0 Å². The third kappa shape index (κ3) is 4.95. The molecule has 0 aromatic carbocycles. The molecule has 156 valence electrons. The maximum absolute atomic E-state index is 12.7. The number of nitrogens with zero attached hydrogens (tertiary/aromatic N) is 5. The van der Waals surface area contributed by atoms with E-state index >= 15 is 0 Å². The molecular formula is C23H28N6O. The standard InChI is InChI=1S/C23H28N6O/c24-14-18-6-7-22(26-15-18)28-12-8-21(9-13-28)29-11-3-4-19(17-29)23(30)27-16-20-5-1-2-10-25-20/h1-2,5-7,10,15,19,21H,3-4,8-9,11-13,16-17H2,(H,27,30)/t19-/m1/s1. The van der Waals surface area contributed by atoms with Gasteiger partial charge in [-0.15, -0.1) is 0 Å². The van der Waals surface area contributed by atoms with Crippen molar-refractivity contribution in [2.24, 2.45) is 5.92 Å². The van der Waals surface area contributed by atoms with E-state index < -0.39 is 0 Å². The van der Waals surface area contributed by atoms with Gasteiger partial charge in [-0.3, -0.25) is 14.7 Å². The highest BCUT2D eigenvalue weighted by molar-refractivity contribution is 5.78. The van der Waals surface area contributed by atoms with Crippen LogP contribution in [0.15, 0.2) is 42.7 Å². The number of likely N-dealkylation sites (tertiary alicyclic amines) is 1. The molecule has 7 nitrogen and oxygen atoms in total. The Bertz CT molecular complexity index is 871. The molecule has 0 bridgehead atoms. The molecular weight excluding hydrogens is 376 g/mol. The summed E-state index contributed by atoms with van der Waals surface area (Å²) >= 11 is 0. The molecule has 2 fully saturated rings. The van der Waals surface area contributed by atoms with Gasteiger partial charge >= 0.3 is 0 Å². The Morgan fingerprint density at radius 2 is 2.00 bits per heavy atom. The van der Waals surface area contributed by atoms with Crippen molar-refractivity contribution in [1.29, 1.82) is 5.26 Å². The lowest BCUT2D eigenvalue weighted by Gasteiger charge is -2.42. The second-order valence-corrected chi connectivity index (χ2v) is 8.11. The summed E-state index contributed by atoms with van der Waals surface area (Å²) in [4.78, 5) is 26.2. The predicted molar refractivity (Wildman–Crippen MR) is 115 cm³/mol. The van der Waals surface area contributed by atoms with E-state index in [4.69, 9.17) is 5.26 Å². The van der Waals surface area contributed by atoms with Crippen molar-refractivity contribution in [2.45, 2.75) is 38.3 Å². The van der Waals surface area contributed by atoms with Crippen LogP contribution in [0.2, 0.25) is 0 Å². The first kappa shape index (κ1) is 20.3. The first-order valence-corrected chi connectivity index (χ1v) is 10.8. The lowest BCUT2D eigenvalue weighted by Crippen LogP contribution is -2.50. The lowest BCUT2D eigenvalue weighted by molar-refractivity contribution is -0.127. The van der Waals surface area contributed by atoms with Crippen molar-refractivity contribution in [1.82, 2.24) is 20.2 Å². The summed E-state index contributed by atoms with van der Waals surface area (Å²) in [5.74, 6) is 1.14. The molecule has 1 atom stereocenters. The van der Waals surface area contributed by atoms with Gasteiger partial charge in [-0.1, -0.05) is 6.07 Å². The molecule has 2 aromatic heterocycles. The number of anilines is 1. The molecule has 0 spiro atoms. The van der Waals surface area contributed by atoms with E-state index in [-0.39, 0.29) is 11.8 Å². The molecule has 2 aromatic rings. The predicted octanol–water partition coefficient (Wildman–Crippen LogP) is 2.35. The summed E-state index contributed by atoms with van der Waals surface area (Å²) in [6, 6.07) is 12.2. The van der Waals surface area contributed by atoms with Crippen LogP contribution >= 0.6 is 0 Å². The van der Waals surface area contributed by atoms with Crippen molar-refractivity contribution < 1.29 is 4.79 Å². The second kappa shape index (κ2) is 9.68. The molecule has 2 aliphatic rings. The van der Waals surface area contributed by atoms with E-state index in [1.165, 1.54) is 0 Å². The summed E-state index contributed by atoms with van der Waals surface area (Å²) in [6.07, 6.45) is 7.56. The van der Waals surface area contributed by atoms with Crippen LogP contribution < -0.4 is 10.2 Å². The molecule has 2 saturated heterocycles. The minimum atomic E-state index is 0.0562. The van der Waals surface area contributed by atoms with Crippen LogP contribution in [0.1, 0.15) is 36.9 Å². The number of nitriles is 1. The van der Waals surface area contributed by atoms with E-state index in [2.05, 4.69) is 31.2 Å². The van der Waals surface area contributed by atoms with E-state index in [1.54, 1.807) is 12.4 Å². The van der Waals surface area contributed by atoms with E-state index in [1.807, 2.05) is 30.3 Å². The Morgan fingerprint density at radius 1 is 1.13 bits per heavy atom. The quantitative estimate of drug-likeness (QED) is 0.823. The topological polar surface area (TPSA) is 85.2 Å². The van der Waals surface area contributed by atoms with Gasteiger partial charge in [0.1, 0.15) is 11.9 Å². The Kier molecular flexibility index (Phi) is 6.55. The minimum absolute atomic E-state index is 0.0562. The Balaban J connectivity index is 1.26. The molecule has 4 rings (SSSR count). The maximum atomic E-state index is 12.7. The van der Waals surface area contributed by atoms with Crippen LogP contribution in [0.4, 0.5) is 5.82 Å². The molecule has 30 heavy (non-hydrogen) atoms. The van der Waals surface area contributed by atoms with Crippen LogP contribution in [0.5, 0.6) is 0 Å². The van der Waals surface area contributed by atoms with E-state index in [0.29, 0.717) is 18.2 Å². The molecule has 0 saturated carbocycles. The second-order valence-electron chi connectivity index (χ2n) is 8.11. The Labute approximate surface area is 177 Å². The minimum Gasteiger partial charge on any atom is -0.357 e. The summed E-state index contributed by atoms with van der Waals surface area (Å²) in [5, 5.41) is 12.0. The fourth-order valence-corrected chi connectivity index (χ4v) is 4.48. The van der Waals surface area contributed by atoms with Crippen molar-refractivity contribution in [2.75, 3.05) is 31.1 Å². The number of rotatable bonds is 5. The number of pyridine rings is 2. The fraction of sp³-hybridized carbons (Fsp3) is 0.478. The van der Waals surface area contributed by atoms with Gasteiger partial charge in [0.05, 0.1) is 23.7 Å². The maximum Gasteiger partial charge on any atom is 0.224 e. The van der Waals surface area contributed by atoms with Crippen LogP contribution in [-0.2, 0) is 11.3 Å². The molecule has 7 heteroatoms. The molecule has 1 amide bonds. The summed E-state index contributed by atoms with van der Waals surface area (Å²) in [5.41, 5.74) is 1.48. The highest BCUT2D eigenvalue weighted by atomic mass is 16.1. The molecule has 0 unspecified atom stereocenters.